The van der Waals surface area contributed by atoms with Gasteiger partial charge in [0.05, 0.1) is 34.9 Å². The number of carbonyl (C=O) groups excluding carboxylic acids is 2. The van der Waals surface area contributed by atoms with E-state index in [1.165, 1.54) is 12.4 Å². The van der Waals surface area contributed by atoms with Crippen LogP contribution in [0.1, 0.15) is 20.7 Å². The third-order valence-corrected chi connectivity index (χ3v) is 5.33. The fourth-order valence-corrected chi connectivity index (χ4v) is 3.46. The SMILES string of the molecule is CN(CCN(C)C(=O)c1cn[nH]c1-c1ccccc1)C(=O)c1cn[nH]c1-c1ccccc1. The van der Waals surface area contributed by atoms with E-state index in [9.17, 15) is 9.59 Å². The number of H-pyrrole nitrogens is 2. The maximum atomic E-state index is 13.0. The Morgan fingerprint density at radius 1 is 0.688 bits per heavy atom. The van der Waals surface area contributed by atoms with E-state index in [-0.39, 0.29) is 11.8 Å². The molecular formula is C24H24N6O2. The molecule has 0 unspecified atom stereocenters. The fraction of sp³-hybridized carbons (Fsp3) is 0.167. The van der Waals surface area contributed by atoms with Crippen molar-refractivity contribution in [2.24, 2.45) is 0 Å². The van der Waals surface area contributed by atoms with Crippen molar-refractivity contribution in [2.75, 3.05) is 27.2 Å². The number of carbonyl (C=O) groups is 2. The number of nitrogens with zero attached hydrogens (tertiary/aromatic N) is 4. The molecule has 2 aromatic carbocycles. The summed E-state index contributed by atoms with van der Waals surface area (Å²) in [7, 11) is 3.44. The zero-order chi connectivity index (χ0) is 22.5. The summed E-state index contributed by atoms with van der Waals surface area (Å²) in [6.45, 7) is 0.748. The molecule has 0 atom stereocenters. The highest BCUT2D eigenvalue weighted by Crippen LogP contribution is 2.23. The van der Waals surface area contributed by atoms with Gasteiger partial charge in [-0.3, -0.25) is 19.8 Å². The molecule has 0 saturated heterocycles. The molecule has 0 aliphatic rings. The summed E-state index contributed by atoms with van der Waals surface area (Å²) in [6, 6.07) is 19.2. The maximum Gasteiger partial charge on any atom is 0.257 e. The Hall–Kier alpha value is -4.20. The van der Waals surface area contributed by atoms with E-state index in [0.29, 0.717) is 35.6 Å². The molecule has 0 fully saturated rings. The molecule has 0 aliphatic heterocycles. The molecule has 32 heavy (non-hydrogen) atoms. The number of aromatic nitrogens is 4. The lowest BCUT2D eigenvalue weighted by Gasteiger charge is -2.22. The van der Waals surface area contributed by atoms with Gasteiger partial charge in [-0.25, -0.2) is 0 Å². The number of amides is 2. The third-order valence-electron chi connectivity index (χ3n) is 5.33. The molecule has 8 nitrogen and oxygen atoms in total. The predicted octanol–water partition coefficient (Wildman–Crippen LogP) is 3.31. The number of benzene rings is 2. The van der Waals surface area contributed by atoms with Crippen LogP contribution in [0.4, 0.5) is 0 Å². The average molecular weight is 428 g/mol. The second kappa shape index (κ2) is 9.30. The maximum absolute atomic E-state index is 13.0. The molecule has 4 rings (SSSR count). The van der Waals surface area contributed by atoms with E-state index in [1.54, 1.807) is 23.9 Å². The molecule has 8 heteroatoms. The van der Waals surface area contributed by atoms with Crippen molar-refractivity contribution in [1.29, 1.82) is 0 Å². The first-order chi connectivity index (χ1) is 15.6. The number of likely N-dealkylation sites (N-methyl/N-ethyl adjacent to an activating group) is 2. The van der Waals surface area contributed by atoms with Gasteiger partial charge in [0, 0.05) is 38.3 Å². The molecule has 162 valence electrons. The Morgan fingerprint density at radius 2 is 1.06 bits per heavy atom. The quantitative estimate of drug-likeness (QED) is 0.472. The topological polar surface area (TPSA) is 98.0 Å². The van der Waals surface area contributed by atoms with Crippen LogP contribution >= 0.6 is 0 Å². The Labute approximate surface area is 185 Å². The first kappa shape index (κ1) is 21.0. The van der Waals surface area contributed by atoms with E-state index < -0.39 is 0 Å². The van der Waals surface area contributed by atoms with Gasteiger partial charge < -0.3 is 9.80 Å². The van der Waals surface area contributed by atoms with E-state index in [0.717, 1.165) is 11.1 Å². The van der Waals surface area contributed by atoms with Crippen molar-refractivity contribution in [3.8, 4) is 22.5 Å². The minimum atomic E-state index is -0.160. The summed E-state index contributed by atoms with van der Waals surface area (Å²) >= 11 is 0. The molecule has 0 aliphatic carbocycles. The van der Waals surface area contributed by atoms with Crippen molar-refractivity contribution in [3.05, 3.63) is 84.2 Å². The smallest absolute Gasteiger partial charge is 0.257 e. The second-order valence-corrected chi connectivity index (χ2v) is 7.50. The largest absolute Gasteiger partial charge is 0.340 e. The van der Waals surface area contributed by atoms with Gasteiger partial charge in [-0.2, -0.15) is 10.2 Å². The van der Waals surface area contributed by atoms with Gasteiger partial charge in [-0.15, -0.1) is 0 Å². The van der Waals surface area contributed by atoms with Crippen LogP contribution in [0.5, 0.6) is 0 Å². The highest BCUT2D eigenvalue weighted by molar-refractivity contribution is 6.00. The summed E-state index contributed by atoms with van der Waals surface area (Å²) in [5, 5.41) is 13.9. The lowest BCUT2D eigenvalue weighted by atomic mass is 10.1. The van der Waals surface area contributed by atoms with Gasteiger partial charge in [0.15, 0.2) is 0 Å². The van der Waals surface area contributed by atoms with Crippen molar-refractivity contribution in [1.82, 2.24) is 30.2 Å². The number of aromatic amines is 2. The van der Waals surface area contributed by atoms with Crippen LogP contribution in [0.25, 0.3) is 22.5 Å². The predicted molar refractivity (Wildman–Crippen MR) is 122 cm³/mol. The molecule has 2 N–H and O–H groups in total. The van der Waals surface area contributed by atoms with Crippen LogP contribution in [-0.2, 0) is 0 Å². The molecule has 4 aromatic rings. The van der Waals surface area contributed by atoms with Gasteiger partial charge in [0.1, 0.15) is 0 Å². The molecule has 2 heterocycles. The molecule has 2 amide bonds. The molecule has 0 radical (unpaired) electrons. The van der Waals surface area contributed by atoms with Crippen molar-refractivity contribution < 1.29 is 9.59 Å². The van der Waals surface area contributed by atoms with E-state index >= 15 is 0 Å². The third kappa shape index (κ3) is 4.29. The molecule has 0 bridgehead atoms. The Balaban J connectivity index is 1.42. The standard InChI is InChI=1S/C24H24N6O2/c1-29(23(31)19-15-25-27-21(19)17-9-5-3-6-10-17)13-14-30(2)24(32)20-16-26-28-22(20)18-11-7-4-8-12-18/h3-12,15-16H,13-14H2,1-2H3,(H,25,27)(H,26,28). The highest BCUT2D eigenvalue weighted by atomic mass is 16.2. The van der Waals surface area contributed by atoms with Gasteiger partial charge in [0.25, 0.3) is 11.8 Å². The minimum Gasteiger partial charge on any atom is -0.340 e. The van der Waals surface area contributed by atoms with Crippen molar-refractivity contribution in [3.63, 3.8) is 0 Å². The van der Waals surface area contributed by atoms with Gasteiger partial charge in [0.2, 0.25) is 0 Å². The molecular weight excluding hydrogens is 404 g/mol. The summed E-state index contributed by atoms with van der Waals surface area (Å²) in [5.74, 6) is -0.321. The summed E-state index contributed by atoms with van der Waals surface area (Å²) in [5.41, 5.74) is 4.13. The number of hydrogen-bond acceptors (Lipinski definition) is 4. The zero-order valence-electron chi connectivity index (χ0n) is 17.9. The van der Waals surface area contributed by atoms with Crippen LogP contribution < -0.4 is 0 Å². The lowest BCUT2D eigenvalue weighted by molar-refractivity contribution is 0.0719. The lowest BCUT2D eigenvalue weighted by Crippen LogP contribution is -2.37. The Bertz CT molecular complexity index is 1100. The normalized spacial score (nSPS) is 10.7. The molecule has 2 aromatic heterocycles. The van der Waals surface area contributed by atoms with Gasteiger partial charge in [-0.1, -0.05) is 60.7 Å². The van der Waals surface area contributed by atoms with Crippen LogP contribution in [0.2, 0.25) is 0 Å². The van der Waals surface area contributed by atoms with Crippen molar-refractivity contribution in [2.45, 2.75) is 0 Å². The van der Waals surface area contributed by atoms with Gasteiger partial charge in [-0.05, 0) is 0 Å². The minimum absolute atomic E-state index is 0.160. The average Bonchev–Trinajstić information content (AvgIpc) is 3.52. The van der Waals surface area contributed by atoms with E-state index in [4.69, 9.17) is 0 Å². The zero-order valence-corrected chi connectivity index (χ0v) is 17.9. The Morgan fingerprint density at radius 3 is 1.44 bits per heavy atom. The first-order valence-electron chi connectivity index (χ1n) is 10.2. The van der Waals surface area contributed by atoms with E-state index in [2.05, 4.69) is 20.4 Å². The number of nitrogens with one attached hydrogen (secondary N) is 2. The fourth-order valence-electron chi connectivity index (χ4n) is 3.46. The van der Waals surface area contributed by atoms with Crippen LogP contribution in [0, 0.1) is 0 Å². The summed E-state index contributed by atoms with van der Waals surface area (Å²) < 4.78 is 0. The summed E-state index contributed by atoms with van der Waals surface area (Å²) in [6.07, 6.45) is 3.07. The monoisotopic (exact) mass is 428 g/mol. The van der Waals surface area contributed by atoms with Crippen LogP contribution in [-0.4, -0.2) is 69.2 Å². The number of hydrogen-bond donors (Lipinski definition) is 2. The molecule has 0 spiro atoms. The molecule has 0 saturated carbocycles. The highest BCUT2D eigenvalue weighted by Gasteiger charge is 2.22. The van der Waals surface area contributed by atoms with Crippen LogP contribution in [0.15, 0.2) is 73.1 Å². The second-order valence-electron chi connectivity index (χ2n) is 7.50. The van der Waals surface area contributed by atoms with Crippen LogP contribution in [0.3, 0.4) is 0 Å². The Kier molecular flexibility index (Phi) is 6.12. The first-order valence-corrected chi connectivity index (χ1v) is 10.2. The van der Waals surface area contributed by atoms with Gasteiger partial charge >= 0.3 is 0 Å². The van der Waals surface area contributed by atoms with E-state index in [1.807, 2.05) is 60.7 Å². The number of rotatable bonds is 7. The summed E-state index contributed by atoms with van der Waals surface area (Å²) in [4.78, 5) is 29.2. The van der Waals surface area contributed by atoms with Crippen molar-refractivity contribution >= 4 is 11.8 Å².